The van der Waals surface area contributed by atoms with Gasteiger partial charge in [-0.05, 0) is 51.1 Å². The van der Waals surface area contributed by atoms with Crippen LogP contribution in [0.25, 0.3) is 0 Å². The maximum absolute atomic E-state index is 13.2. The first-order valence-corrected chi connectivity index (χ1v) is 9.48. The predicted molar refractivity (Wildman–Crippen MR) is 103 cm³/mol. The minimum Gasteiger partial charge on any atom is -0.453 e. The Bertz CT molecular complexity index is 1040. The Hall–Kier alpha value is -1.92. The molecule has 0 aromatic heterocycles. The van der Waals surface area contributed by atoms with Gasteiger partial charge in [0.25, 0.3) is 0 Å². The summed E-state index contributed by atoms with van der Waals surface area (Å²) >= 11 is 12.2. The summed E-state index contributed by atoms with van der Waals surface area (Å²) in [6, 6.07) is 8.84. The number of fused-ring (bicyclic) bond motifs is 5. The molecule has 7 heteroatoms. The quantitative estimate of drug-likeness (QED) is 0.683. The van der Waals surface area contributed by atoms with Gasteiger partial charge in [0.05, 0.1) is 5.41 Å². The first-order valence-electron chi connectivity index (χ1n) is 8.73. The number of esters is 1. The number of ether oxygens (including phenoxy) is 1. The minimum atomic E-state index is -2.32. The average molecular weight is 421 g/mol. The highest BCUT2D eigenvalue weighted by molar-refractivity contribution is 6.31. The van der Waals surface area contributed by atoms with E-state index in [1.165, 1.54) is 36.4 Å². The zero-order valence-corrected chi connectivity index (χ0v) is 16.9. The van der Waals surface area contributed by atoms with Crippen molar-refractivity contribution in [3.8, 4) is 0 Å². The predicted octanol–water partition coefficient (Wildman–Crippen LogP) is 3.91. The molecule has 0 bridgehead atoms. The summed E-state index contributed by atoms with van der Waals surface area (Å²) in [7, 11) is 0. The highest BCUT2D eigenvalue weighted by Crippen LogP contribution is 2.63. The van der Waals surface area contributed by atoms with Crippen LogP contribution in [0.4, 0.5) is 0 Å². The van der Waals surface area contributed by atoms with Crippen LogP contribution in [-0.2, 0) is 20.7 Å². The van der Waals surface area contributed by atoms with Gasteiger partial charge in [-0.25, -0.2) is 0 Å². The summed E-state index contributed by atoms with van der Waals surface area (Å²) in [5, 5.41) is 23.9. The normalized spacial score (nSPS) is 28.0. The maximum Gasteiger partial charge on any atom is 0.311 e. The fourth-order valence-corrected chi connectivity index (χ4v) is 4.34. The lowest BCUT2D eigenvalue weighted by Crippen LogP contribution is -2.49. The molecule has 2 aromatic rings. The second-order valence-electron chi connectivity index (χ2n) is 8.26. The van der Waals surface area contributed by atoms with E-state index in [1.807, 2.05) is 0 Å². The van der Waals surface area contributed by atoms with Gasteiger partial charge < -0.3 is 14.9 Å². The summed E-state index contributed by atoms with van der Waals surface area (Å²) in [5.74, 6) is -1.27. The molecule has 5 nitrogen and oxygen atoms in total. The Balaban J connectivity index is 2.01. The highest BCUT2D eigenvalue weighted by atomic mass is 35.5. The Kier molecular flexibility index (Phi) is 4.02. The van der Waals surface area contributed by atoms with Crippen LogP contribution in [0, 0.1) is 5.41 Å². The van der Waals surface area contributed by atoms with Crippen LogP contribution in [-0.4, -0.2) is 22.0 Å². The molecule has 0 fully saturated rings. The second kappa shape index (κ2) is 5.80. The number of carbonyl (C=O) groups excluding carboxylic acids is 2. The van der Waals surface area contributed by atoms with Crippen molar-refractivity contribution < 1.29 is 24.5 Å². The van der Waals surface area contributed by atoms with Gasteiger partial charge in [0.1, 0.15) is 0 Å². The summed E-state index contributed by atoms with van der Waals surface area (Å²) in [4.78, 5) is 25.8. The third-order valence-electron chi connectivity index (χ3n) is 5.42. The number of hydrogen-bond donors (Lipinski definition) is 2. The lowest BCUT2D eigenvalue weighted by Gasteiger charge is -2.36. The van der Waals surface area contributed by atoms with Crippen LogP contribution in [0.2, 0.25) is 10.0 Å². The van der Waals surface area contributed by atoms with Gasteiger partial charge in [0.2, 0.25) is 5.78 Å². The zero-order valence-electron chi connectivity index (χ0n) is 15.4. The molecule has 3 atom stereocenters. The smallest absolute Gasteiger partial charge is 0.311 e. The van der Waals surface area contributed by atoms with Gasteiger partial charge in [-0.2, -0.15) is 0 Å². The van der Waals surface area contributed by atoms with Crippen molar-refractivity contribution in [2.45, 2.75) is 38.1 Å². The second-order valence-corrected chi connectivity index (χ2v) is 9.14. The Morgan fingerprint density at radius 2 is 1.64 bits per heavy atom. The van der Waals surface area contributed by atoms with E-state index in [9.17, 15) is 19.8 Å². The number of ketones is 1. The lowest BCUT2D eigenvalue weighted by atomic mass is 9.82. The summed E-state index contributed by atoms with van der Waals surface area (Å²) in [6.45, 7) is 5.01. The molecule has 0 amide bonds. The molecular weight excluding hydrogens is 403 g/mol. The van der Waals surface area contributed by atoms with Crippen LogP contribution in [0.3, 0.4) is 0 Å². The average Bonchev–Trinajstić information content (AvgIpc) is 2.90. The van der Waals surface area contributed by atoms with Gasteiger partial charge in [-0.3, -0.25) is 9.59 Å². The molecule has 2 aliphatic rings. The van der Waals surface area contributed by atoms with Crippen molar-refractivity contribution >= 4 is 35.0 Å². The molecule has 4 rings (SSSR count). The molecule has 0 unspecified atom stereocenters. The molecule has 0 aliphatic heterocycles. The molecule has 0 radical (unpaired) electrons. The van der Waals surface area contributed by atoms with Crippen molar-refractivity contribution in [3.63, 3.8) is 0 Å². The van der Waals surface area contributed by atoms with Gasteiger partial charge in [0, 0.05) is 32.3 Å². The van der Waals surface area contributed by atoms with Gasteiger partial charge in [-0.1, -0.05) is 29.3 Å². The Labute approximate surface area is 171 Å². The molecule has 2 aliphatic carbocycles. The van der Waals surface area contributed by atoms with Crippen LogP contribution in [0.5, 0.6) is 0 Å². The van der Waals surface area contributed by atoms with Crippen LogP contribution < -0.4 is 0 Å². The van der Waals surface area contributed by atoms with Crippen molar-refractivity contribution in [3.05, 3.63) is 68.7 Å². The fraction of sp³-hybridized carbons (Fsp3) is 0.333. The monoisotopic (exact) mass is 420 g/mol. The van der Waals surface area contributed by atoms with Crippen LogP contribution >= 0.6 is 23.2 Å². The molecule has 2 N–H and O–H groups in total. The number of rotatable bonds is 1. The molecular formula is C21H18Cl2O5. The van der Waals surface area contributed by atoms with Crippen molar-refractivity contribution in [1.82, 2.24) is 0 Å². The third kappa shape index (κ3) is 2.28. The molecule has 28 heavy (non-hydrogen) atoms. The van der Waals surface area contributed by atoms with E-state index in [-0.39, 0.29) is 27.3 Å². The molecule has 0 saturated heterocycles. The molecule has 2 aromatic carbocycles. The van der Waals surface area contributed by atoms with Crippen molar-refractivity contribution in [2.75, 3.05) is 0 Å². The summed E-state index contributed by atoms with van der Waals surface area (Å²) < 4.78 is 5.68. The van der Waals surface area contributed by atoms with Gasteiger partial charge >= 0.3 is 5.97 Å². The van der Waals surface area contributed by atoms with E-state index >= 15 is 0 Å². The number of Topliss-reactive ketones (excluding diaryl/α,β-unsaturated/α-hetero) is 1. The number of aliphatic hydroxyl groups is 2. The number of benzene rings is 2. The van der Waals surface area contributed by atoms with Gasteiger partial charge in [0.15, 0.2) is 17.3 Å². The van der Waals surface area contributed by atoms with E-state index in [2.05, 4.69) is 0 Å². The molecule has 0 spiro atoms. The molecule has 0 saturated carbocycles. The first-order chi connectivity index (χ1) is 12.9. The maximum atomic E-state index is 13.2. The molecule has 146 valence electrons. The Morgan fingerprint density at radius 3 is 2.29 bits per heavy atom. The van der Waals surface area contributed by atoms with Crippen LogP contribution in [0.15, 0.2) is 36.4 Å². The summed E-state index contributed by atoms with van der Waals surface area (Å²) in [6.07, 6.45) is -1.33. The number of carbonyl (C=O) groups is 2. The first kappa shape index (κ1) is 19.4. The number of hydrogen-bond acceptors (Lipinski definition) is 5. The minimum absolute atomic E-state index is 0.117. The standard InChI is InChI=1S/C21H18Cl2O5/c1-19(2,3)18(25)28-17-13-8-10(22)5-7-14(13)20(26)16(24)12-6-4-11(23)9-15(12)21(17,20)27/h4-9,17,26-27H,1-3H3/t17-,20-,21-/m1/s1. The van der Waals surface area contributed by atoms with E-state index in [0.717, 1.165) is 0 Å². The molecule has 0 heterocycles. The van der Waals surface area contributed by atoms with E-state index in [4.69, 9.17) is 27.9 Å². The SMILES string of the molecule is CC(C)(C)C(=O)O[C@@H]1c2cc(Cl)ccc2[C@@]2(O)C(=O)c3ccc(Cl)cc3[C@@]12O. The lowest BCUT2D eigenvalue weighted by molar-refractivity contribution is -0.201. The summed E-state index contributed by atoms with van der Waals surface area (Å²) in [5.41, 5.74) is -4.72. The zero-order chi connectivity index (χ0) is 20.6. The fourth-order valence-electron chi connectivity index (χ4n) is 3.99. The topological polar surface area (TPSA) is 83.8 Å². The van der Waals surface area contributed by atoms with Crippen molar-refractivity contribution in [2.24, 2.45) is 5.41 Å². The van der Waals surface area contributed by atoms with Crippen LogP contribution in [0.1, 0.15) is 53.9 Å². The van der Waals surface area contributed by atoms with E-state index in [0.29, 0.717) is 5.02 Å². The third-order valence-corrected chi connectivity index (χ3v) is 5.89. The Morgan fingerprint density at radius 1 is 1.04 bits per heavy atom. The van der Waals surface area contributed by atoms with E-state index in [1.54, 1.807) is 20.8 Å². The largest absolute Gasteiger partial charge is 0.453 e. The number of halogens is 2. The highest BCUT2D eigenvalue weighted by Gasteiger charge is 2.73. The van der Waals surface area contributed by atoms with Crippen molar-refractivity contribution in [1.29, 1.82) is 0 Å². The van der Waals surface area contributed by atoms with Gasteiger partial charge in [-0.15, -0.1) is 0 Å². The van der Waals surface area contributed by atoms with E-state index < -0.39 is 34.5 Å².